The molecule has 0 unspecified atom stereocenters. The average Bonchev–Trinajstić information content (AvgIpc) is 3.32. The van der Waals surface area contributed by atoms with Crippen LogP contribution >= 0.6 is 11.3 Å². The van der Waals surface area contributed by atoms with Crippen LogP contribution in [-0.4, -0.2) is 40.6 Å². The number of hydrogen-bond donors (Lipinski definition) is 2. The summed E-state index contributed by atoms with van der Waals surface area (Å²) in [7, 11) is 1.47. The molecule has 1 aromatic heterocycles. The summed E-state index contributed by atoms with van der Waals surface area (Å²) >= 11 is 1.46. The molecule has 33 heavy (non-hydrogen) atoms. The molecule has 8 heteroatoms. The molecule has 0 bridgehead atoms. The zero-order valence-electron chi connectivity index (χ0n) is 18.2. The van der Waals surface area contributed by atoms with Crippen molar-refractivity contribution in [2.24, 2.45) is 0 Å². The van der Waals surface area contributed by atoms with Crippen molar-refractivity contribution in [3.8, 4) is 21.9 Å². The second-order valence-corrected chi connectivity index (χ2v) is 8.51. The number of thiophene rings is 1. The summed E-state index contributed by atoms with van der Waals surface area (Å²) in [5.74, 6) is -1.74. The maximum absolute atomic E-state index is 12.6. The second kappa shape index (κ2) is 9.70. The van der Waals surface area contributed by atoms with Crippen molar-refractivity contribution < 1.29 is 34.1 Å². The zero-order chi connectivity index (χ0) is 24.2. The van der Waals surface area contributed by atoms with Gasteiger partial charge in [-0.2, -0.15) is 0 Å². The summed E-state index contributed by atoms with van der Waals surface area (Å²) in [5, 5.41) is 20.4. The maximum atomic E-state index is 12.6. The van der Waals surface area contributed by atoms with E-state index in [0.717, 1.165) is 4.88 Å². The molecule has 0 amide bonds. The topological polar surface area (TPSA) is 110 Å². The number of rotatable bonds is 9. The van der Waals surface area contributed by atoms with E-state index in [2.05, 4.69) is 0 Å². The molecule has 0 fully saturated rings. The lowest BCUT2D eigenvalue weighted by atomic mass is 10.0. The van der Waals surface area contributed by atoms with Crippen molar-refractivity contribution in [3.05, 3.63) is 76.7 Å². The molecule has 0 saturated carbocycles. The number of carbonyl (C=O) groups is 3. The van der Waals surface area contributed by atoms with E-state index in [4.69, 9.17) is 14.6 Å². The van der Waals surface area contributed by atoms with E-state index in [9.17, 15) is 19.5 Å². The highest BCUT2D eigenvalue weighted by molar-refractivity contribution is 7.13. The molecule has 3 rings (SSSR count). The van der Waals surface area contributed by atoms with Gasteiger partial charge in [-0.25, -0.2) is 9.59 Å². The molecule has 0 spiro atoms. The fourth-order valence-electron chi connectivity index (χ4n) is 2.95. The number of carboxylic acids is 2. The summed E-state index contributed by atoms with van der Waals surface area (Å²) < 4.78 is 11.3. The quantitative estimate of drug-likeness (QED) is 0.327. The molecule has 0 aliphatic heterocycles. The summed E-state index contributed by atoms with van der Waals surface area (Å²) in [4.78, 5) is 36.0. The Labute approximate surface area is 194 Å². The third kappa shape index (κ3) is 5.48. The Morgan fingerprint density at radius 3 is 2.18 bits per heavy atom. The number of methoxy groups -OCH3 is 1. The van der Waals surface area contributed by atoms with Crippen LogP contribution in [-0.2, 0) is 4.79 Å². The summed E-state index contributed by atoms with van der Waals surface area (Å²) in [5.41, 5.74) is 0.233. The lowest BCUT2D eigenvalue weighted by Crippen LogP contribution is -2.38. The van der Waals surface area contributed by atoms with Crippen molar-refractivity contribution in [2.75, 3.05) is 7.11 Å². The predicted octanol–water partition coefficient (Wildman–Crippen LogP) is 5.26. The molecule has 0 radical (unpaired) electrons. The molecule has 2 N–H and O–H groups in total. The van der Waals surface area contributed by atoms with Gasteiger partial charge in [0.1, 0.15) is 11.5 Å². The zero-order valence-corrected chi connectivity index (χ0v) is 19.0. The van der Waals surface area contributed by atoms with Crippen LogP contribution in [0.1, 0.15) is 40.1 Å². The Hall–Kier alpha value is -3.91. The smallest absolute Gasteiger partial charge is 0.347 e. The van der Waals surface area contributed by atoms with E-state index in [1.54, 1.807) is 18.2 Å². The highest BCUT2D eigenvalue weighted by Gasteiger charge is 2.31. The average molecular weight is 467 g/mol. The van der Waals surface area contributed by atoms with Gasteiger partial charge in [-0.1, -0.05) is 18.2 Å². The van der Waals surface area contributed by atoms with Gasteiger partial charge in [0.2, 0.25) is 0 Å². The van der Waals surface area contributed by atoms with Gasteiger partial charge in [-0.05, 0) is 55.6 Å². The van der Waals surface area contributed by atoms with E-state index in [-0.39, 0.29) is 11.3 Å². The van der Waals surface area contributed by atoms with Gasteiger partial charge in [0.05, 0.1) is 12.7 Å². The molecule has 2 aromatic carbocycles. The van der Waals surface area contributed by atoms with E-state index < -0.39 is 17.5 Å². The first-order valence-electron chi connectivity index (χ1n) is 9.86. The van der Waals surface area contributed by atoms with Gasteiger partial charge in [-0.15, -0.1) is 11.3 Å². The van der Waals surface area contributed by atoms with Gasteiger partial charge >= 0.3 is 11.9 Å². The van der Waals surface area contributed by atoms with Crippen LogP contribution in [0.4, 0.5) is 0 Å². The number of aliphatic carboxylic acids is 1. The monoisotopic (exact) mass is 466 g/mol. The minimum Gasteiger partial charge on any atom is -0.496 e. The van der Waals surface area contributed by atoms with Crippen LogP contribution in [0, 0.1) is 0 Å². The van der Waals surface area contributed by atoms with Crippen molar-refractivity contribution in [1.82, 2.24) is 0 Å². The van der Waals surface area contributed by atoms with Crippen LogP contribution in [0.2, 0.25) is 0 Å². The molecule has 170 valence electrons. The van der Waals surface area contributed by atoms with E-state index in [0.29, 0.717) is 28.2 Å². The summed E-state index contributed by atoms with van der Waals surface area (Å²) in [6.07, 6.45) is 2.96. The lowest BCUT2D eigenvalue weighted by molar-refractivity contribution is -0.152. The minimum absolute atomic E-state index is 0.0951. The molecule has 0 aliphatic carbocycles. The van der Waals surface area contributed by atoms with Crippen LogP contribution in [0.25, 0.3) is 16.5 Å². The lowest BCUT2D eigenvalue weighted by Gasteiger charge is -2.24. The predicted molar refractivity (Wildman–Crippen MR) is 125 cm³/mol. The fraction of sp³-hybridized carbons (Fsp3) is 0.160. The van der Waals surface area contributed by atoms with E-state index in [1.807, 2.05) is 17.5 Å². The second-order valence-electron chi connectivity index (χ2n) is 7.57. The Balaban J connectivity index is 1.99. The third-order valence-corrected chi connectivity index (χ3v) is 5.73. The number of hydrogen-bond acceptors (Lipinski definition) is 6. The van der Waals surface area contributed by atoms with E-state index in [1.165, 1.54) is 62.6 Å². The van der Waals surface area contributed by atoms with Crippen LogP contribution in [0.5, 0.6) is 11.5 Å². The molecule has 0 atom stereocenters. The normalized spacial score (nSPS) is 11.4. The number of ketones is 1. The van der Waals surface area contributed by atoms with Crippen LogP contribution in [0.3, 0.4) is 0 Å². The molecule has 1 heterocycles. The number of benzene rings is 2. The number of allylic oxidation sites excluding steroid dienone is 1. The largest absolute Gasteiger partial charge is 0.496 e. The highest BCUT2D eigenvalue weighted by atomic mass is 32.1. The van der Waals surface area contributed by atoms with Crippen LogP contribution in [0.15, 0.2) is 60.0 Å². The molecule has 3 aromatic rings. The molecule has 7 nitrogen and oxygen atoms in total. The summed E-state index contributed by atoms with van der Waals surface area (Å²) in [6.45, 7) is 2.92. The molecule has 0 aliphatic rings. The molecule has 0 saturated heterocycles. The number of aromatic carboxylic acids is 1. The first-order chi connectivity index (χ1) is 15.6. The maximum Gasteiger partial charge on any atom is 0.347 e. The summed E-state index contributed by atoms with van der Waals surface area (Å²) in [6, 6.07) is 12.8. The fourth-order valence-corrected chi connectivity index (χ4v) is 3.70. The Morgan fingerprint density at radius 2 is 1.64 bits per heavy atom. The number of ether oxygens (including phenoxy) is 2. The first-order valence-corrected chi connectivity index (χ1v) is 10.7. The Bertz CT molecular complexity index is 1210. The van der Waals surface area contributed by atoms with Gasteiger partial charge < -0.3 is 19.7 Å². The van der Waals surface area contributed by atoms with Gasteiger partial charge in [-0.3, -0.25) is 4.79 Å². The van der Waals surface area contributed by atoms with Crippen molar-refractivity contribution in [2.45, 2.75) is 19.4 Å². The highest BCUT2D eigenvalue weighted by Crippen LogP contribution is 2.40. The van der Waals surface area contributed by atoms with Crippen molar-refractivity contribution in [3.63, 3.8) is 0 Å². The third-order valence-electron chi connectivity index (χ3n) is 4.83. The number of carbonyl (C=O) groups excluding carboxylic acids is 1. The molecular weight excluding hydrogens is 444 g/mol. The molecular formula is C25H22O7S. The van der Waals surface area contributed by atoms with Crippen LogP contribution < -0.4 is 9.47 Å². The van der Waals surface area contributed by atoms with E-state index >= 15 is 0 Å². The van der Waals surface area contributed by atoms with Gasteiger partial charge in [0, 0.05) is 27.6 Å². The van der Waals surface area contributed by atoms with Gasteiger partial charge in [0.15, 0.2) is 11.4 Å². The Morgan fingerprint density at radius 1 is 0.970 bits per heavy atom. The van der Waals surface area contributed by atoms with Gasteiger partial charge in [0.25, 0.3) is 0 Å². The number of carboxylic acid groups (broad SMARTS) is 2. The minimum atomic E-state index is -1.47. The SMILES string of the molecule is COc1cc(OC(C)(C)C(=O)O)c(-c2cccs2)cc1C=CC(=O)c1ccc(C(=O)O)cc1. The van der Waals surface area contributed by atoms with Crippen molar-refractivity contribution in [1.29, 1.82) is 0 Å². The van der Waals surface area contributed by atoms with Crippen molar-refractivity contribution >= 4 is 35.1 Å². The Kier molecular flexibility index (Phi) is 6.98. The standard InChI is InChI=1S/C25H22O7S/c1-25(2,24(29)30)32-21-14-20(31-3)17(13-18(21)22-5-4-12-33-22)10-11-19(26)15-6-8-16(9-7-15)23(27)28/h4-14H,1-3H3,(H,27,28)(H,29,30). The first kappa shape index (κ1) is 23.7.